The summed E-state index contributed by atoms with van der Waals surface area (Å²) in [4.78, 5) is 41.7. The van der Waals surface area contributed by atoms with Gasteiger partial charge in [0.05, 0.1) is 12.8 Å². The molecule has 0 atom stereocenters. The quantitative estimate of drug-likeness (QED) is 0.604. The van der Waals surface area contributed by atoms with Gasteiger partial charge < -0.3 is 15.0 Å². The Hall–Kier alpha value is -2.44. The molecule has 0 unspecified atom stereocenters. The molecule has 1 aliphatic rings. The van der Waals surface area contributed by atoms with Gasteiger partial charge in [0, 0.05) is 18.5 Å². The number of nitrogens with one attached hydrogen (secondary N) is 2. The van der Waals surface area contributed by atoms with E-state index in [2.05, 4.69) is 20.0 Å². The number of hydrogen-bond acceptors (Lipinski definition) is 5. The number of aromatic nitrogens is 2. The number of ether oxygens (including phenoxy) is 1. The number of amides is 1. The van der Waals surface area contributed by atoms with Crippen molar-refractivity contribution in [1.82, 2.24) is 15.3 Å². The zero-order valence-corrected chi connectivity index (χ0v) is 11.9. The fourth-order valence-corrected chi connectivity index (χ4v) is 1.89. The van der Waals surface area contributed by atoms with Gasteiger partial charge in [-0.15, -0.1) is 0 Å². The van der Waals surface area contributed by atoms with E-state index >= 15 is 0 Å². The normalized spacial score (nSPS) is 14.2. The highest BCUT2D eigenvalue weighted by Gasteiger charge is 2.27. The van der Waals surface area contributed by atoms with Gasteiger partial charge in [0.1, 0.15) is 11.4 Å². The minimum Gasteiger partial charge on any atom is -0.466 e. The molecule has 1 aromatic heterocycles. The average Bonchev–Trinajstić information content (AvgIpc) is 3.27. The van der Waals surface area contributed by atoms with Gasteiger partial charge in [-0.05, 0) is 19.8 Å². The third-order valence-electron chi connectivity index (χ3n) is 3.15. The van der Waals surface area contributed by atoms with E-state index in [1.54, 1.807) is 6.92 Å². The fraction of sp³-hybridized carbons (Fsp3) is 0.429. The Bertz CT molecular complexity index is 644. The Kier molecular flexibility index (Phi) is 4.52. The van der Waals surface area contributed by atoms with Crippen LogP contribution in [0.4, 0.5) is 0 Å². The summed E-state index contributed by atoms with van der Waals surface area (Å²) in [6, 6.07) is 0. The number of methoxy groups -OCH3 is 1. The summed E-state index contributed by atoms with van der Waals surface area (Å²) < 4.78 is 4.42. The first-order valence-corrected chi connectivity index (χ1v) is 6.66. The molecule has 0 spiro atoms. The van der Waals surface area contributed by atoms with Gasteiger partial charge in [-0.25, -0.2) is 9.78 Å². The molecule has 1 aromatic rings. The van der Waals surface area contributed by atoms with Gasteiger partial charge in [-0.1, -0.05) is 6.08 Å². The molecule has 1 aliphatic carbocycles. The first-order chi connectivity index (χ1) is 10.0. The minimum absolute atomic E-state index is 0.00543. The Morgan fingerprint density at radius 1 is 1.48 bits per heavy atom. The molecule has 1 amide bonds. The molecule has 1 saturated carbocycles. The van der Waals surface area contributed by atoms with Gasteiger partial charge >= 0.3 is 5.97 Å². The summed E-state index contributed by atoms with van der Waals surface area (Å²) in [7, 11) is 1.27. The molecule has 112 valence electrons. The second-order valence-corrected chi connectivity index (χ2v) is 4.82. The smallest absolute Gasteiger partial charge is 0.330 e. The van der Waals surface area contributed by atoms with E-state index in [9.17, 15) is 14.4 Å². The number of hydrogen-bond donors (Lipinski definition) is 2. The molecule has 0 bridgehead atoms. The topological polar surface area (TPSA) is 101 Å². The van der Waals surface area contributed by atoms with Crippen molar-refractivity contribution < 1.29 is 14.3 Å². The maximum Gasteiger partial charge on any atom is 0.330 e. The maximum atomic E-state index is 12.0. The van der Waals surface area contributed by atoms with E-state index in [4.69, 9.17) is 0 Å². The number of rotatable bonds is 5. The third kappa shape index (κ3) is 3.77. The summed E-state index contributed by atoms with van der Waals surface area (Å²) >= 11 is 0. The van der Waals surface area contributed by atoms with Crippen LogP contribution in [0.2, 0.25) is 0 Å². The molecule has 2 N–H and O–H groups in total. The van der Waals surface area contributed by atoms with Gasteiger partial charge in [0.25, 0.3) is 11.5 Å². The van der Waals surface area contributed by atoms with Crippen LogP contribution >= 0.6 is 0 Å². The fourth-order valence-electron chi connectivity index (χ4n) is 1.89. The van der Waals surface area contributed by atoms with Crippen LogP contribution in [0, 0.1) is 6.92 Å². The SMILES string of the molecule is COC(=O)/C=C/CNC(=O)c1c(C)nc(C2CC2)[nH]c1=O. The van der Waals surface area contributed by atoms with Crippen LogP contribution in [0.15, 0.2) is 16.9 Å². The highest BCUT2D eigenvalue weighted by atomic mass is 16.5. The summed E-state index contributed by atoms with van der Waals surface area (Å²) in [5.74, 6) is -0.0528. The van der Waals surface area contributed by atoms with Crippen LogP contribution in [0.25, 0.3) is 0 Å². The molecule has 21 heavy (non-hydrogen) atoms. The van der Waals surface area contributed by atoms with E-state index in [1.165, 1.54) is 19.3 Å². The maximum absolute atomic E-state index is 12.0. The Balaban J connectivity index is 2.04. The molecular weight excluding hydrogens is 274 g/mol. The number of carbonyl (C=O) groups excluding carboxylic acids is 2. The molecule has 7 heteroatoms. The van der Waals surface area contributed by atoms with Crippen molar-refractivity contribution in [3.05, 3.63) is 39.6 Å². The Morgan fingerprint density at radius 2 is 2.19 bits per heavy atom. The number of carbonyl (C=O) groups is 2. The lowest BCUT2D eigenvalue weighted by Crippen LogP contribution is -2.32. The molecule has 0 radical (unpaired) electrons. The minimum atomic E-state index is -0.516. The molecular formula is C14H17N3O4. The second-order valence-electron chi connectivity index (χ2n) is 4.82. The van der Waals surface area contributed by atoms with Gasteiger partial charge in [0.15, 0.2) is 0 Å². The number of H-pyrrole nitrogens is 1. The second kappa shape index (κ2) is 6.34. The molecule has 0 aliphatic heterocycles. The summed E-state index contributed by atoms with van der Waals surface area (Å²) in [5, 5.41) is 2.53. The van der Waals surface area contributed by atoms with Gasteiger partial charge in [-0.3, -0.25) is 9.59 Å². The first kappa shape index (κ1) is 15.0. The van der Waals surface area contributed by atoms with E-state index in [-0.39, 0.29) is 12.1 Å². The highest BCUT2D eigenvalue weighted by Crippen LogP contribution is 2.37. The average molecular weight is 291 g/mol. The lowest BCUT2D eigenvalue weighted by molar-refractivity contribution is -0.134. The lowest BCUT2D eigenvalue weighted by atomic mass is 10.2. The van der Waals surface area contributed by atoms with Crippen LogP contribution in [0.5, 0.6) is 0 Å². The molecule has 7 nitrogen and oxygen atoms in total. The predicted octanol–water partition coefficient (Wildman–Crippen LogP) is 0.415. The molecule has 0 aromatic carbocycles. The Labute approximate surface area is 121 Å². The van der Waals surface area contributed by atoms with Crippen LogP contribution in [0.1, 0.15) is 40.6 Å². The molecule has 1 heterocycles. The van der Waals surface area contributed by atoms with Crippen molar-refractivity contribution in [2.75, 3.05) is 13.7 Å². The molecule has 2 rings (SSSR count). The van der Waals surface area contributed by atoms with Gasteiger partial charge in [0.2, 0.25) is 0 Å². The van der Waals surface area contributed by atoms with Crippen molar-refractivity contribution in [3.63, 3.8) is 0 Å². The van der Waals surface area contributed by atoms with E-state index in [0.29, 0.717) is 17.4 Å². The standard InChI is InChI=1S/C14H17N3O4/c1-8-11(13(19)15-7-3-4-10(18)21-2)14(20)17-12(16-8)9-5-6-9/h3-4,9H,5-7H2,1-2H3,(H,15,19)(H,16,17,20)/b4-3+. The van der Waals surface area contributed by atoms with E-state index < -0.39 is 17.4 Å². The zero-order valence-electron chi connectivity index (χ0n) is 11.9. The first-order valence-electron chi connectivity index (χ1n) is 6.66. The summed E-state index contributed by atoms with van der Waals surface area (Å²) in [6.07, 6.45) is 4.68. The number of aryl methyl sites for hydroxylation is 1. The van der Waals surface area contributed by atoms with Crippen LogP contribution in [0.3, 0.4) is 0 Å². The van der Waals surface area contributed by atoms with Crippen molar-refractivity contribution in [2.24, 2.45) is 0 Å². The molecule has 1 fully saturated rings. The van der Waals surface area contributed by atoms with Crippen molar-refractivity contribution in [1.29, 1.82) is 0 Å². The molecule has 0 saturated heterocycles. The largest absolute Gasteiger partial charge is 0.466 e. The lowest BCUT2D eigenvalue weighted by Gasteiger charge is -2.06. The number of nitrogens with zero attached hydrogens (tertiary/aromatic N) is 1. The van der Waals surface area contributed by atoms with E-state index in [0.717, 1.165) is 12.8 Å². The van der Waals surface area contributed by atoms with Gasteiger partial charge in [-0.2, -0.15) is 0 Å². The number of aromatic amines is 1. The van der Waals surface area contributed by atoms with Crippen molar-refractivity contribution >= 4 is 11.9 Å². The number of esters is 1. The van der Waals surface area contributed by atoms with E-state index in [1.807, 2.05) is 0 Å². The summed E-state index contributed by atoms with van der Waals surface area (Å²) in [6.45, 7) is 1.76. The monoisotopic (exact) mass is 291 g/mol. The summed E-state index contributed by atoms with van der Waals surface area (Å²) in [5.41, 5.74) is -0.0141. The zero-order chi connectivity index (χ0) is 15.4. The van der Waals surface area contributed by atoms with Crippen LogP contribution in [-0.2, 0) is 9.53 Å². The van der Waals surface area contributed by atoms with Crippen molar-refractivity contribution in [3.8, 4) is 0 Å². The van der Waals surface area contributed by atoms with Crippen molar-refractivity contribution in [2.45, 2.75) is 25.7 Å². The van der Waals surface area contributed by atoms with Crippen LogP contribution < -0.4 is 10.9 Å². The Morgan fingerprint density at radius 3 is 2.76 bits per heavy atom. The van der Waals surface area contributed by atoms with Crippen LogP contribution in [-0.4, -0.2) is 35.5 Å². The predicted molar refractivity (Wildman–Crippen MR) is 75.1 cm³/mol. The highest BCUT2D eigenvalue weighted by molar-refractivity contribution is 5.95. The third-order valence-corrected chi connectivity index (χ3v) is 3.15.